The van der Waals surface area contributed by atoms with Gasteiger partial charge in [0.15, 0.2) is 0 Å². The van der Waals surface area contributed by atoms with Crippen LogP contribution in [0.1, 0.15) is 18.1 Å². The van der Waals surface area contributed by atoms with E-state index in [4.69, 9.17) is 5.11 Å². The van der Waals surface area contributed by atoms with Crippen LogP contribution in [0.25, 0.3) is 6.08 Å². The quantitative estimate of drug-likeness (QED) is 0.714. The van der Waals surface area contributed by atoms with Crippen LogP contribution in [0.15, 0.2) is 24.3 Å². The summed E-state index contributed by atoms with van der Waals surface area (Å²) in [6.07, 6.45) is 3.63. The second kappa shape index (κ2) is 4.45. The van der Waals surface area contributed by atoms with Crippen molar-refractivity contribution in [3.63, 3.8) is 0 Å². The van der Waals surface area contributed by atoms with Crippen molar-refractivity contribution in [2.45, 2.75) is 13.3 Å². The Balaban J connectivity index is 2.83. The monoisotopic (exact) mass is 175 g/mol. The molecule has 13 heavy (non-hydrogen) atoms. The molecule has 0 heterocycles. The molecule has 0 fully saturated rings. The fourth-order valence-electron chi connectivity index (χ4n) is 1.01. The molecular formula is C11H11O2. The topological polar surface area (TPSA) is 37.3 Å². The van der Waals surface area contributed by atoms with E-state index in [9.17, 15) is 4.79 Å². The second-order valence-electron chi connectivity index (χ2n) is 2.70. The van der Waals surface area contributed by atoms with Crippen molar-refractivity contribution in [2.75, 3.05) is 0 Å². The van der Waals surface area contributed by atoms with Gasteiger partial charge in [0.25, 0.3) is 0 Å². The van der Waals surface area contributed by atoms with Crippen LogP contribution in [-0.2, 0) is 11.2 Å². The molecule has 0 unspecified atom stereocenters. The molecule has 0 aliphatic carbocycles. The van der Waals surface area contributed by atoms with E-state index in [-0.39, 0.29) is 0 Å². The lowest BCUT2D eigenvalue weighted by atomic mass is 10.1. The molecule has 1 N–H and O–H groups in total. The van der Waals surface area contributed by atoms with Gasteiger partial charge in [-0.05, 0) is 35.8 Å². The maximum Gasteiger partial charge on any atom is 0.328 e. The predicted molar refractivity (Wildman–Crippen MR) is 51.3 cm³/mol. The fourth-order valence-corrected chi connectivity index (χ4v) is 1.01. The van der Waals surface area contributed by atoms with Crippen molar-refractivity contribution in [3.8, 4) is 0 Å². The highest BCUT2D eigenvalue weighted by atomic mass is 16.4. The normalized spacial score (nSPS) is 10.5. The third kappa shape index (κ3) is 3.11. The molecule has 0 spiro atoms. The van der Waals surface area contributed by atoms with E-state index >= 15 is 0 Å². The van der Waals surface area contributed by atoms with Gasteiger partial charge in [-0.15, -0.1) is 0 Å². The highest BCUT2D eigenvalue weighted by molar-refractivity contribution is 5.85. The molecule has 2 nitrogen and oxygen atoms in total. The summed E-state index contributed by atoms with van der Waals surface area (Å²) in [5.41, 5.74) is 2.04. The first-order chi connectivity index (χ1) is 6.22. The molecule has 0 saturated heterocycles. The molecule has 0 atom stereocenters. The summed E-state index contributed by atoms with van der Waals surface area (Å²) in [4.78, 5) is 10.2. The van der Waals surface area contributed by atoms with Gasteiger partial charge in [-0.2, -0.15) is 0 Å². The molecule has 0 aliphatic rings. The van der Waals surface area contributed by atoms with Gasteiger partial charge in [-0.1, -0.05) is 19.1 Å². The van der Waals surface area contributed by atoms with Gasteiger partial charge < -0.3 is 5.11 Å². The summed E-state index contributed by atoms with van der Waals surface area (Å²) in [7, 11) is 0. The van der Waals surface area contributed by atoms with Crippen molar-refractivity contribution < 1.29 is 9.90 Å². The number of carbonyl (C=O) groups is 1. The van der Waals surface area contributed by atoms with Crippen molar-refractivity contribution in [2.24, 2.45) is 0 Å². The zero-order chi connectivity index (χ0) is 9.68. The first-order valence-electron chi connectivity index (χ1n) is 4.13. The lowest BCUT2D eigenvalue weighted by molar-refractivity contribution is -0.131. The van der Waals surface area contributed by atoms with Gasteiger partial charge in [-0.3, -0.25) is 0 Å². The Kier molecular flexibility index (Phi) is 3.26. The van der Waals surface area contributed by atoms with E-state index in [1.807, 2.05) is 19.1 Å². The Morgan fingerprint density at radius 1 is 1.62 bits per heavy atom. The number of hydrogen-bond acceptors (Lipinski definition) is 1. The van der Waals surface area contributed by atoms with E-state index in [0.29, 0.717) is 0 Å². The van der Waals surface area contributed by atoms with Crippen LogP contribution in [0.3, 0.4) is 0 Å². The fraction of sp³-hybridized carbons (Fsp3) is 0.182. The summed E-state index contributed by atoms with van der Waals surface area (Å²) in [6, 6.07) is 8.58. The molecule has 1 rings (SSSR count). The zero-order valence-electron chi connectivity index (χ0n) is 7.45. The highest BCUT2D eigenvalue weighted by Crippen LogP contribution is 2.06. The largest absolute Gasteiger partial charge is 0.478 e. The summed E-state index contributed by atoms with van der Waals surface area (Å²) in [6.45, 7) is 2.05. The van der Waals surface area contributed by atoms with Crippen LogP contribution in [0.2, 0.25) is 0 Å². The molecule has 0 aromatic heterocycles. The van der Waals surface area contributed by atoms with Crippen molar-refractivity contribution in [3.05, 3.63) is 41.5 Å². The van der Waals surface area contributed by atoms with E-state index in [2.05, 4.69) is 6.07 Å². The van der Waals surface area contributed by atoms with E-state index < -0.39 is 5.97 Å². The van der Waals surface area contributed by atoms with Crippen LogP contribution in [0, 0.1) is 6.07 Å². The van der Waals surface area contributed by atoms with Crippen LogP contribution in [-0.4, -0.2) is 11.1 Å². The van der Waals surface area contributed by atoms with E-state index in [1.54, 1.807) is 12.1 Å². The van der Waals surface area contributed by atoms with Gasteiger partial charge in [0.2, 0.25) is 0 Å². The number of carboxylic acids is 1. The van der Waals surface area contributed by atoms with Crippen molar-refractivity contribution in [1.29, 1.82) is 0 Å². The number of carboxylic acid groups (broad SMARTS) is 1. The first-order valence-corrected chi connectivity index (χ1v) is 4.13. The lowest BCUT2D eigenvalue weighted by Gasteiger charge is -1.96. The maximum absolute atomic E-state index is 10.2. The molecule has 1 aromatic carbocycles. The van der Waals surface area contributed by atoms with Crippen LogP contribution in [0.5, 0.6) is 0 Å². The van der Waals surface area contributed by atoms with Crippen molar-refractivity contribution >= 4 is 12.0 Å². The lowest BCUT2D eigenvalue weighted by Crippen LogP contribution is -1.86. The summed E-state index contributed by atoms with van der Waals surface area (Å²) >= 11 is 0. The molecule has 0 aliphatic heterocycles. The molecule has 0 bridgehead atoms. The average molecular weight is 175 g/mol. The average Bonchev–Trinajstić information content (AvgIpc) is 2.15. The van der Waals surface area contributed by atoms with Gasteiger partial charge >= 0.3 is 5.97 Å². The number of aliphatic carboxylic acids is 1. The molecule has 1 aromatic rings. The number of aryl methyl sites for hydroxylation is 1. The molecule has 67 valence electrons. The van der Waals surface area contributed by atoms with Gasteiger partial charge in [-0.25, -0.2) is 4.79 Å². The van der Waals surface area contributed by atoms with Gasteiger partial charge in [0.1, 0.15) is 0 Å². The van der Waals surface area contributed by atoms with Gasteiger partial charge in [0, 0.05) is 6.08 Å². The smallest absolute Gasteiger partial charge is 0.328 e. The third-order valence-electron chi connectivity index (χ3n) is 1.70. The molecule has 1 radical (unpaired) electrons. The Labute approximate surface area is 77.5 Å². The SMILES string of the molecule is CCc1c[c]cc(C=CC(=O)O)c1. The number of hydrogen-bond donors (Lipinski definition) is 1. The van der Waals surface area contributed by atoms with Crippen LogP contribution in [0.4, 0.5) is 0 Å². The van der Waals surface area contributed by atoms with Crippen molar-refractivity contribution in [1.82, 2.24) is 0 Å². The second-order valence-corrected chi connectivity index (χ2v) is 2.70. The number of benzene rings is 1. The first kappa shape index (κ1) is 9.52. The minimum absolute atomic E-state index is 0.877. The zero-order valence-corrected chi connectivity index (χ0v) is 7.45. The minimum Gasteiger partial charge on any atom is -0.478 e. The standard InChI is InChI=1S/C11H11O2/c1-2-9-4-3-5-10(8-9)6-7-11(12)13/h4-8H,2H2,1H3,(H,12,13). The molecule has 0 amide bonds. The number of rotatable bonds is 3. The third-order valence-corrected chi connectivity index (χ3v) is 1.70. The molecule has 0 saturated carbocycles. The van der Waals surface area contributed by atoms with E-state index in [1.165, 1.54) is 0 Å². The molecule has 2 heteroatoms. The Bertz CT molecular complexity index is 327. The summed E-state index contributed by atoms with van der Waals surface area (Å²) < 4.78 is 0. The minimum atomic E-state index is -0.929. The van der Waals surface area contributed by atoms with Crippen LogP contribution >= 0.6 is 0 Å². The summed E-state index contributed by atoms with van der Waals surface area (Å²) in [5, 5.41) is 8.40. The molecular weight excluding hydrogens is 164 g/mol. The van der Waals surface area contributed by atoms with Crippen LogP contribution < -0.4 is 0 Å². The Morgan fingerprint density at radius 3 is 3.00 bits per heavy atom. The van der Waals surface area contributed by atoms with E-state index in [0.717, 1.165) is 23.6 Å². The Hall–Kier alpha value is -1.57. The maximum atomic E-state index is 10.2. The predicted octanol–water partition coefficient (Wildman–Crippen LogP) is 2.15. The Morgan fingerprint density at radius 2 is 2.38 bits per heavy atom. The summed E-state index contributed by atoms with van der Waals surface area (Å²) in [5.74, 6) is -0.929. The highest BCUT2D eigenvalue weighted by Gasteiger charge is 1.91. The van der Waals surface area contributed by atoms with Gasteiger partial charge in [0.05, 0.1) is 0 Å².